The molecule has 1 unspecified atom stereocenters. The Kier molecular flexibility index (Phi) is 7.80. The molecule has 1 aliphatic carbocycles. The topological polar surface area (TPSA) is 109 Å². The van der Waals surface area contributed by atoms with Gasteiger partial charge < -0.3 is 30.5 Å². The first-order chi connectivity index (χ1) is 16.1. The third kappa shape index (κ3) is 6.46. The molecule has 2 aromatic carbocycles. The van der Waals surface area contributed by atoms with Crippen LogP contribution in [0.25, 0.3) is 0 Å². The second-order valence-corrected chi connectivity index (χ2v) is 8.50. The van der Waals surface area contributed by atoms with Crippen molar-refractivity contribution in [3.63, 3.8) is 0 Å². The number of aliphatic hydroxyl groups excluding tert-OH is 1. The fourth-order valence-electron chi connectivity index (χ4n) is 4.15. The summed E-state index contributed by atoms with van der Waals surface area (Å²) >= 11 is 0. The Morgan fingerprint density at radius 3 is 2.70 bits per heavy atom. The van der Waals surface area contributed by atoms with Gasteiger partial charge in [-0.3, -0.25) is 9.59 Å². The van der Waals surface area contributed by atoms with Gasteiger partial charge in [0, 0.05) is 35.9 Å². The fourth-order valence-corrected chi connectivity index (χ4v) is 4.15. The Labute approximate surface area is 193 Å². The molecule has 0 saturated heterocycles. The molecule has 4 N–H and O–H groups in total. The van der Waals surface area contributed by atoms with Crippen molar-refractivity contribution in [2.45, 2.75) is 44.2 Å². The van der Waals surface area contributed by atoms with Gasteiger partial charge >= 0.3 is 0 Å². The summed E-state index contributed by atoms with van der Waals surface area (Å²) in [5.41, 5.74) is 2.24. The van der Waals surface area contributed by atoms with E-state index in [1.165, 1.54) is 12.8 Å². The van der Waals surface area contributed by atoms with Gasteiger partial charge in [-0.1, -0.05) is 18.9 Å². The zero-order chi connectivity index (χ0) is 23.0. The molecule has 176 valence electrons. The van der Waals surface area contributed by atoms with E-state index in [2.05, 4.69) is 16.0 Å². The molecule has 1 atom stereocenters. The number of hydrogen-bond acceptors (Lipinski definition) is 6. The molecular weight excluding hydrogens is 422 g/mol. The highest BCUT2D eigenvalue weighted by Gasteiger charge is 2.21. The summed E-state index contributed by atoms with van der Waals surface area (Å²) < 4.78 is 11.4. The van der Waals surface area contributed by atoms with E-state index in [0.29, 0.717) is 49.2 Å². The summed E-state index contributed by atoms with van der Waals surface area (Å²) in [7, 11) is 0. The first kappa shape index (κ1) is 23.1. The van der Waals surface area contributed by atoms with E-state index in [0.717, 1.165) is 24.1 Å². The van der Waals surface area contributed by atoms with Crippen LogP contribution in [0.3, 0.4) is 0 Å². The largest absolute Gasteiger partial charge is 0.492 e. The van der Waals surface area contributed by atoms with Crippen molar-refractivity contribution < 1.29 is 24.2 Å². The van der Waals surface area contributed by atoms with E-state index in [1.54, 1.807) is 30.3 Å². The van der Waals surface area contributed by atoms with Gasteiger partial charge in [-0.15, -0.1) is 0 Å². The van der Waals surface area contributed by atoms with Gasteiger partial charge in [0.05, 0.1) is 6.42 Å². The van der Waals surface area contributed by atoms with Crippen LogP contribution in [-0.4, -0.2) is 55.4 Å². The number of amides is 2. The molecule has 2 aliphatic rings. The number of nitrogens with one attached hydrogen (secondary N) is 3. The molecule has 0 bridgehead atoms. The molecule has 2 aromatic rings. The summed E-state index contributed by atoms with van der Waals surface area (Å²) in [6, 6.07) is 12.9. The molecule has 2 amide bonds. The van der Waals surface area contributed by atoms with Crippen LogP contribution >= 0.6 is 0 Å². The first-order valence-corrected chi connectivity index (χ1v) is 11.6. The number of anilines is 1. The summed E-state index contributed by atoms with van der Waals surface area (Å²) in [5, 5.41) is 19.2. The molecule has 33 heavy (non-hydrogen) atoms. The van der Waals surface area contributed by atoms with Crippen LogP contribution in [0.15, 0.2) is 42.5 Å². The molecule has 0 aromatic heterocycles. The maximum atomic E-state index is 12.3. The van der Waals surface area contributed by atoms with E-state index in [1.807, 2.05) is 12.1 Å². The average Bonchev–Trinajstić information content (AvgIpc) is 3.46. The first-order valence-electron chi connectivity index (χ1n) is 11.6. The van der Waals surface area contributed by atoms with Gasteiger partial charge in [0.2, 0.25) is 5.91 Å². The van der Waals surface area contributed by atoms with Crippen LogP contribution in [0, 0.1) is 0 Å². The molecule has 1 fully saturated rings. The van der Waals surface area contributed by atoms with Crippen molar-refractivity contribution in [3.05, 3.63) is 53.6 Å². The molecule has 8 heteroatoms. The van der Waals surface area contributed by atoms with Crippen molar-refractivity contribution in [2.24, 2.45) is 0 Å². The van der Waals surface area contributed by atoms with E-state index in [4.69, 9.17) is 9.47 Å². The highest BCUT2D eigenvalue weighted by molar-refractivity contribution is 6.00. The minimum Gasteiger partial charge on any atom is -0.492 e. The number of ether oxygens (including phenoxy) is 2. The number of benzene rings is 2. The highest BCUT2D eigenvalue weighted by Crippen LogP contribution is 2.31. The van der Waals surface area contributed by atoms with E-state index < -0.39 is 6.10 Å². The van der Waals surface area contributed by atoms with Crippen molar-refractivity contribution in [2.75, 3.05) is 31.6 Å². The fraction of sp³-hybridized carbons (Fsp3) is 0.440. The lowest BCUT2D eigenvalue weighted by Gasteiger charge is -2.15. The predicted octanol–water partition coefficient (Wildman–Crippen LogP) is 2.26. The standard InChI is InChI=1S/C25H31N3O5/c29-19(16-33-23-7-3-6-22-21(23)14-24(30)28-22)15-26-12-13-32-20-10-8-17(9-11-20)25(31)27-18-4-1-2-5-18/h3,6-11,18-19,26,29H,1-2,4-5,12-16H2,(H,27,31)(H,28,30). The van der Waals surface area contributed by atoms with Crippen LogP contribution in [0.1, 0.15) is 41.6 Å². The summed E-state index contributed by atoms with van der Waals surface area (Å²) in [6.07, 6.45) is 4.10. The Balaban J connectivity index is 1.11. The van der Waals surface area contributed by atoms with Crippen molar-refractivity contribution in [1.29, 1.82) is 0 Å². The normalized spacial score (nSPS) is 16.2. The van der Waals surface area contributed by atoms with Gasteiger partial charge in [0.1, 0.15) is 30.8 Å². The Morgan fingerprint density at radius 1 is 1.12 bits per heavy atom. The number of carbonyl (C=O) groups excluding carboxylic acids is 2. The van der Waals surface area contributed by atoms with Crippen molar-refractivity contribution in [3.8, 4) is 11.5 Å². The van der Waals surface area contributed by atoms with Crippen molar-refractivity contribution in [1.82, 2.24) is 10.6 Å². The highest BCUT2D eigenvalue weighted by atomic mass is 16.5. The lowest BCUT2D eigenvalue weighted by atomic mass is 10.1. The summed E-state index contributed by atoms with van der Waals surface area (Å²) in [6.45, 7) is 1.47. The van der Waals surface area contributed by atoms with Crippen LogP contribution in [0.2, 0.25) is 0 Å². The van der Waals surface area contributed by atoms with Gasteiger partial charge in [-0.25, -0.2) is 0 Å². The second kappa shape index (κ2) is 11.2. The minimum atomic E-state index is -0.691. The van der Waals surface area contributed by atoms with Gasteiger partial charge in [-0.05, 0) is 49.2 Å². The third-order valence-electron chi connectivity index (χ3n) is 5.91. The van der Waals surface area contributed by atoms with Crippen LogP contribution in [0.4, 0.5) is 5.69 Å². The molecule has 1 aliphatic heterocycles. The zero-order valence-electron chi connectivity index (χ0n) is 18.6. The molecule has 4 rings (SSSR count). The Bertz CT molecular complexity index is 957. The van der Waals surface area contributed by atoms with Crippen molar-refractivity contribution >= 4 is 17.5 Å². The number of hydrogen-bond donors (Lipinski definition) is 4. The van der Waals surface area contributed by atoms with Gasteiger partial charge in [-0.2, -0.15) is 0 Å². The Hall–Kier alpha value is -3.10. The van der Waals surface area contributed by atoms with Crippen LogP contribution in [-0.2, 0) is 11.2 Å². The van der Waals surface area contributed by atoms with Gasteiger partial charge in [0.15, 0.2) is 0 Å². The average molecular weight is 454 g/mol. The summed E-state index contributed by atoms with van der Waals surface area (Å²) in [5.74, 6) is 1.23. The molecule has 0 spiro atoms. The SMILES string of the molecule is O=C1Cc2c(cccc2OCC(O)CNCCOc2ccc(C(=O)NC3CCCC3)cc2)N1. The third-order valence-corrected chi connectivity index (χ3v) is 5.91. The molecular formula is C25H31N3O5. The number of rotatable bonds is 11. The number of fused-ring (bicyclic) bond motifs is 1. The zero-order valence-corrected chi connectivity index (χ0v) is 18.6. The Morgan fingerprint density at radius 2 is 1.91 bits per heavy atom. The maximum Gasteiger partial charge on any atom is 0.251 e. The van der Waals surface area contributed by atoms with Gasteiger partial charge in [0.25, 0.3) is 5.91 Å². The smallest absolute Gasteiger partial charge is 0.251 e. The molecule has 0 radical (unpaired) electrons. The minimum absolute atomic E-state index is 0.0327. The van der Waals surface area contributed by atoms with Crippen LogP contribution in [0.5, 0.6) is 11.5 Å². The van der Waals surface area contributed by atoms with E-state index >= 15 is 0 Å². The lowest BCUT2D eigenvalue weighted by molar-refractivity contribution is -0.115. The monoisotopic (exact) mass is 453 g/mol. The number of aliphatic hydroxyl groups is 1. The van der Waals surface area contributed by atoms with E-state index in [-0.39, 0.29) is 18.4 Å². The number of carbonyl (C=O) groups is 2. The summed E-state index contributed by atoms with van der Waals surface area (Å²) in [4.78, 5) is 23.8. The maximum absolute atomic E-state index is 12.3. The van der Waals surface area contributed by atoms with E-state index in [9.17, 15) is 14.7 Å². The van der Waals surface area contributed by atoms with Crippen LogP contribution < -0.4 is 25.4 Å². The molecule has 8 nitrogen and oxygen atoms in total. The quantitative estimate of drug-likeness (QED) is 0.389. The second-order valence-electron chi connectivity index (χ2n) is 8.50. The lowest BCUT2D eigenvalue weighted by Crippen LogP contribution is -2.33. The predicted molar refractivity (Wildman–Crippen MR) is 125 cm³/mol. The molecule has 1 heterocycles. The molecule has 1 saturated carbocycles.